The zero-order valence-corrected chi connectivity index (χ0v) is 11.6. The Bertz CT molecular complexity index is 547. The highest BCUT2D eigenvalue weighted by Crippen LogP contribution is 2.20. The van der Waals surface area contributed by atoms with Gasteiger partial charge >= 0.3 is 0 Å². The topological polar surface area (TPSA) is 38.0 Å². The summed E-state index contributed by atoms with van der Waals surface area (Å²) >= 11 is 3.44. The van der Waals surface area contributed by atoms with Crippen molar-refractivity contribution in [3.63, 3.8) is 0 Å². The van der Waals surface area contributed by atoms with Gasteiger partial charge in [-0.3, -0.25) is 0 Å². The van der Waals surface area contributed by atoms with E-state index in [1.807, 2.05) is 6.20 Å². The largest absolute Gasteiger partial charge is 0.393 e. The summed E-state index contributed by atoms with van der Waals surface area (Å²) in [6.45, 7) is 0.877. The Balaban J connectivity index is 1.83. The number of rotatable bonds is 2. The van der Waals surface area contributed by atoms with Gasteiger partial charge in [0, 0.05) is 35.7 Å². The van der Waals surface area contributed by atoms with Crippen LogP contribution in [0.2, 0.25) is 0 Å². The van der Waals surface area contributed by atoms with Gasteiger partial charge in [-0.2, -0.15) is 0 Å². The van der Waals surface area contributed by atoms with Crippen molar-refractivity contribution in [3.05, 3.63) is 52.0 Å². The molecule has 0 saturated carbocycles. The second kappa shape index (κ2) is 4.86. The van der Waals surface area contributed by atoms with E-state index < -0.39 is 0 Å². The molecule has 1 aliphatic heterocycles. The zero-order chi connectivity index (χ0) is 12.5. The van der Waals surface area contributed by atoms with Crippen molar-refractivity contribution < 1.29 is 5.11 Å². The molecule has 1 atom stereocenters. The van der Waals surface area contributed by atoms with Crippen LogP contribution in [0.25, 0.3) is 0 Å². The van der Waals surface area contributed by atoms with Gasteiger partial charge in [0.1, 0.15) is 5.82 Å². The van der Waals surface area contributed by atoms with Gasteiger partial charge in [0.25, 0.3) is 0 Å². The summed E-state index contributed by atoms with van der Waals surface area (Å²) in [5.41, 5.74) is 2.42. The summed E-state index contributed by atoms with van der Waals surface area (Å²) in [6.07, 6.45) is 4.11. The molecule has 1 N–H and O–H groups in total. The third kappa shape index (κ3) is 2.35. The summed E-state index contributed by atoms with van der Waals surface area (Å²) in [5.74, 6) is 1.10. The molecular weight excluding hydrogens is 292 g/mol. The third-order valence-corrected chi connectivity index (χ3v) is 3.96. The monoisotopic (exact) mass is 306 g/mol. The van der Waals surface area contributed by atoms with Gasteiger partial charge < -0.3 is 9.67 Å². The Morgan fingerprint density at radius 2 is 2.11 bits per heavy atom. The summed E-state index contributed by atoms with van der Waals surface area (Å²) in [5, 5.41) is 9.64. The fraction of sp³-hybridized carbons (Fsp3) is 0.357. The number of aliphatic hydroxyl groups is 1. The molecule has 3 nitrogen and oxygen atoms in total. The standard InChI is InChI=1S/C14H15BrN2O/c15-11-3-1-10(2-4-11)7-14-16-9-12-8-13(18)5-6-17(12)14/h1-4,9,13,18H,5-8H2. The average Bonchev–Trinajstić information content (AvgIpc) is 2.74. The van der Waals surface area contributed by atoms with E-state index in [0.29, 0.717) is 0 Å². The van der Waals surface area contributed by atoms with E-state index in [0.717, 1.165) is 41.8 Å². The van der Waals surface area contributed by atoms with Crippen molar-refractivity contribution in [2.75, 3.05) is 0 Å². The molecule has 1 aromatic carbocycles. The minimum absolute atomic E-state index is 0.199. The van der Waals surface area contributed by atoms with Crippen LogP contribution in [0.3, 0.4) is 0 Å². The third-order valence-electron chi connectivity index (χ3n) is 3.43. The number of aromatic nitrogens is 2. The van der Waals surface area contributed by atoms with Gasteiger partial charge in [-0.05, 0) is 24.1 Å². The lowest BCUT2D eigenvalue weighted by atomic mass is 10.1. The highest BCUT2D eigenvalue weighted by molar-refractivity contribution is 9.10. The molecule has 0 saturated heterocycles. The number of hydrogen-bond acceptors (Lipinski definition) is 2. The minimum Gasteiger partial charge on any atom is -0.393 e. The van der Waals surface area contributed by atoms with Gasteiger partial charge in [0.15, 0.2) is 0 Å². The minimum atomic E-state index is -0.199. The van der Waals surface area contributed by atoms with Crippen molar-refractivity contribution in [1.29, 1.82) is 0 Å². The molecule has 0 spiro atoms. The van der Waals surface area contributed by atoms with Crippen LogP contribution >= 0.6 is 15.9 Å². The van der Waals surface area contributed by atoms with Crippen molar-refractivity contribution in [3.8, 4) is 0 Å². The van der Waals surface area contributed by atoms with E-state index in [-0.39, 0.29) is 6.10 Å². The molecule has 0 bridgehead atoms. The molecule has 0 amide bonds. The Hall–Kier alpha value is -1.13. The van der Waals surface area contributed by atoms with Crippen molar-refractivity contribution in [1.82, 2.24) is 9.55 Å². The van der Waals surface area contributed by atoms with E-state index in [1.165, 1.54) is 5.56 Å². The Morgan fingerprint density at radius 3 is 2.89 bits per heavy atom. The lowest BCUT2D eigenvalue weighted by molar-refractivity contribution is 0.143. The van der Waals surface area contributed by atoms with E-state index in [9.17, 15) is 5.11 Å². The fourth-order valence-corrected chi connectivity index (χ4v) is 2.70. The van der Waals surface area contributed by atoms with Crippen LogP contribution in [0, 0.1) is 0 Å². The molecule has 94 valence electrons. The fourth-order valence-electron chi connectivity index (χ4n) is 2.44. The molecule has 0 aliphatic carbocycles. The Kier molecular flexibility index (Phi) is 3.22. The second-order valence-corrected chi connectivity index (χ2v) is 5.68. The number of benzene rings is 1. The maximum absolute atomic E-state index is 9.64. The summed E-state index contributed by atoms with van der Waals surface area (Å²) in [4.78, 5) is 4.49. The maximum Gasteiger partial charge on any atom is 0.113 e. The van der Waals surface area contributed by atoms with Crippen LogP contribution < -0.4 is 0 Å². The average molecular weight is 307 g/mol. The number of fused-ring (bicyclic) bond motifs is 1. The van der Waals surface area contributed by atoms with E-state index in [4.69, 9.17) is 0 Å². The van der Waals surface area contributed by atoms with Crippen LogP contribution in [0.1, 0.15) is 23.5 Å². The predicted molar refractivity (Wildman–Crippen MR) is 73.5 cm³/mol. The first-order chi connectivity index (χ1) is 8.72. The van der Waals surface area contributed by atoms with E-state index in [2.05, 4.69) is 49.7 Å². The zero-order valence-electron chi connectivity index (χ0n) is 10.0. The highest BCUT2D eigenvalue weighted by atomic mass is 79.9. The van der Waals surface area contributed by atoms with E-state index >= 15 is 0 Å². The van der Waals surface area contributed by atoms with Crippen LogP contribution in [0.4, 0.5) is 0 Å². The van der Waals surface area contributed by atoms with Gasteiger partial charge in [-0.25, -0.2) is 4.98 Å². The smallest absolute Gasteiger partial charge is 0.113 e. The molecule has 3 rings (SSSR count). The van der Waals surface area contributed by atoms with Crippen LogP contribution in [0.5, 0.6) is 0 Å². The van der Waals surface area contributed by atoms with Crippen LogP contribution in [-0.2, 0) is 19.4 Å². The normalized spacial score (nSPS) is 18.7. The lowest BCUT2D eigenvalue weighted by Gasteiger charge is -2.21. The molecule has 18 heavy (non-hydrogen) atoms. The van der Waals surface area contributed by atoms with Crippen molar-refractivity contribution in [2.24, 2.45) is 0 Å². The van der Waals surface area contributed by atoms with Crippen molar-refractivity contribution in [2.45, 2.75) is 31.9 Å². The molecular formula is C14H15BrN2O. The molecule has 1 aliphatic rings. The van der Waals surface area contributed by atoms with Crippen LogP contribution in [-0.4, -0.2) is 20.8 Å². The second-order valence-electron chi connectivity index (χ2n) is 4.77. The molecule has 1 aromatic heterocycles. The summed E-state index contributed by atoms with van der Waals surface area (Å²) < 4.78 is 3.34. The first kappa shape index (κ1) is 11.9. The first-order valence-electron chi connectivity index (χ1n) is 6.18. The molecule has 2 aromatic rings. The van der Waals surface area contributed by atoms with E-state index in [1.54, 1.807) is 0 Å². The predicted octanol–water partition coefficient (Wildman–Crippen LogP) is 2.54. The molecule has 2 heterocycles. The van der Waals surface area contributed by atoms with Gasteiger partial charge in [0.05, 0.1) is 6.10 Å². The summed E-state index contributed by atoms with van der Waals surface area (Å²) in [7, 11) is 0. The van der Waals surface area contributed by atoms with Crippen molar-refractivity contribution >= 4 is 15.9 Å². The maximum atomic E-state index is 9.64. The van der Waals surface area contributed by atoms with Crippen LogP contribution in [0.15, 0.2) is 34.9 Å². The highest BCUT2D eigenvalue weighted by Gasteiger charge is 2.19. The van der Waals surface area contributed by atoms with Gasteiger partial charge in [-0.1, -0.05) is 28.1 Å². The summed E-state index contributed by atoms with van der Waals surface area (Å²) in [6, 6.07) is 8.34. The number of hydrogen-bond donors (Lipinski definition) is 1. The first-order valence-corrected chi connectivity index (χ1v) is 6.97. The van der Waals surface area contributed by atoms with Gasteiger partial charge in [-0.15, -0.1) is 0 Å². The molecule has 0 radical (unpaired) electrons. The quantitative estimate of drug-likeness (QED) is 0.926. The number of halogens is 1. The molecule has 4 heteroatoms. The Labute approximate surface area is 115 Å². The number of imidazole rings is 1. The Morgan fingerprint density at radius 1 is 1.33 bits per heavy atom. The SMILES string of the molecule is OC1CCn2c(cnc2Cc2ccc(Br)cc2)C1. The number of nitrogens with zero attached hydrogens (tertiary/aromatic N) is 2. The molecule has 0 fully saturated rings. The molecule has 1 unspecified atom stereocenters. The lowest BCUT2D eigenvalue weighted by Crippen LogP contribution is -2.23. The van der Waals surface area contributed by atoms with Gasteiger partial charge in [0.2, 0.25) is 0 Å². The number of aliphatic hydroxyl groups excluding tert-OH is 1.